The van der Waals surface area contributed by atoms with E-state index in [1.807, 2.05) is 24.3 Å². The van der Waals surface area contributed by atoms with E-state index >= 15 is 0 Å². The molecule has 0 unspecified atom stereocenters. The van der Waals surface area contributed by atoms with Crippen LogP contribution in [0.4, 0.5) is 5.82 Å². The predicted molar refractivity (Wildman–Crippen MR) is 111 cm³/mol. The van der Waals surface area contributed by atoms with E-state index in [-0.39, 0.29) is 23.2 Å². The number of hydrogen-bond donors (Lipinski definition) is 2. The lowest BCUT2D eigenvalue weighted by atomic mass is 9.95. The molecule has 4 atom stereocenters. The van der Waals surface area contributed by atoms with Crippen molar-refractivity contribution in [3.8, 4) is 0 Å². The van der Waals surface area contributed by atoms with Crippen LogP contribution >= 0.6 is 0 Å². The van der Waals surface area contributed by atoms with Crippen molar-refractivity contribution in [2.24, 2.45) is 18.4 Å². The lowest BCUT2D eigenvalue weighted by Gasteiger charge is -2.17. The minimum Gasteiger partial charge on any atom is -0.391 e. The summed E-state index contributed by atoms with van der Waals surface area (Å²) in [4.78, 5) is 23.1. The number of aryl methyl sites for hydroxylation is 1. The van der Waals surface area contributed by atoms with Crippen molar-refractivity contribution < 1.29 is 9.90 Å². The zero-order valence-corrected chi connectivity index (χ0v) is 16.7. The van der Waals surface area contributed by atoms with Crippen molar-refractivity contribution in [3.63, 3.8) is 0 Å². The Kier molecular flexibility index (Phi) is 4.51. The average molecular weight is 404 g/mol. The molecule has 1 amide bonds. The van der Waals surface area contributed by atoms with Gasteiger partial charge in [0.25, 0.3) is 5.91 Å². The Morgan fingerprint density at radius 2 is 2.07 bits per heavy atom. The Balaban J connectivity index is 1.39. The fourth-order valence-electron chi connectivity index (χ4n) is 5.14. The number of aromatic nitrogens is 4. The maximum atomic E-state index is 12.6. The van der Waals surface area contributed by atoms with Gasteiger partial charge in [0.15, 0.2) is 0 Å². The van der Waals surface area contributed by atoms with Crippen molar-refractivity contribution in [3.05, 3.63) is 72.4 Å². The lowest BCUT2D eigenvalue weighted by molar-refractivity contribution is 0.0930. The number of aliphatic hydroxyl groups is 1. The smallest absolute Gasteiger partial charge is 0.269 e. The molecule has 2 aliphatic rings. The molecule has 3 heterocycles. The van der Waals surface area contributed by atoms with E-state index in [2.05, 4.69) is 37.4 Å². The summed E-state index contributed by atoms with van der Waals surface area (Å²) in [5.41, 5.74) is 1.41. The van der Waals surface area contributed by atoms with Crippen LogP contribution in [0.1, 0.15) is 22.0 Å². The molecule has 1 aliphatic heterocycles. The standard InChI is InChI=1S/C22H24N6O2/c1-27-17(7-10-26-27)21(30)24-11-16-20(15-5-3-2-4-6-15)22(16)13-28(12-18(22)29)19-8-9-23-14-25-19/h2-10,14,16,18,20,29H,11-13H2,1H3,(H,24,30)/t16-,18+,20-,22-/m1/s1. The van der Waals surface area contributed by atoms with E-state index in [4.69, 9.17) is 0 Å². The van der Waals surface area contributed by atoms with Gasteiger partial charge in [-0.1, -0.05) is 30.3 Å². The molecule has 30 heavy (non-hydrogen) atoms. The first-order chi connectivity index (χ1) is 14.6. The van der Waals surface area contributed by atoms with Gasteiger partial charge in [0.1, 0.15) is 17.8 Å². The third-order valence-electron chi connectivity index (χ3n) is 6.63. The summed E-state index contributed by atoms with van der Waals surface area (Å²) in [7, 11) is 1.75. The van der Waals surface area contributed by atoms with Crippen molar-refractivity contribution in [1.29, 1.82) is 0 Å². The molecular formula is C22H24N6O2. The Labute approximate surface area is 174 Å². The van der Waals surface area contributed by atoms with E-state index in [1.54, 1.807) is 30.2 Å². The number of anilines is 1. The number of carbonyl (C=O) groups excluding carboxylic acids is 1. The fraction of sp³-hybridized carbons (Fsp3) is 0.364. The number of hydrogen-bond acceptors (Lipinski definition) is 6. The Morgan fingerprint density at radius 1 is 1.23 bits per heavy atom. The van der Waals surface area contributed by atoms with E-state index < -0.39 is 6.10 Å². The van der Waals surface area contributed by atoms with Crippen LogP contribution in [0.25, 0.3) is 0 Å². The van der Waals surface area contributed by atoms with Crippen molar-refractivity contribution in [1.82, 2.24) is 25.1 Å². The molecule has 1 aliphatic carbocycles. The highest BCUT2D eigenvalue weighted by Gasteiger charge is 2.71. The quantitative estimate of drug-likeness (QED) is 0.664. The number of β-amino-alcohol motifs (C(OH)–C–C–N with tert-alkyl or cyclic N) is 1. The van der Waals surface area contributed by atoms with E-state index in [1.165, 1.54) is 11.9 Å². The number of amides is 1. The van der Waals surface area contributed by atoms with Gasteiger partial charge in [-0.25, -0.2) is 9.97 Å². The first-order valence-corrected chi connectivity index (χ1v) is 10.1. The van der Waals surface area contributed by atoms with Crippen molar-refractivity contribution in [2.75, 3.05) is 24.5 Å². The summed E-state index contributed by atoms with van der Waals surface area (Å²) < 4.78 is 1.56. The van der Waals surface area contributed by atoms with Gasteiger partial charge in [-0.05, 0) is 29.5 Å². The number of nitrogens with zero attached hydrogens (tertiary/aromatic N) is 5. The molecule has 8 nitrogen and oxygen atoms in total. The van der Waals surface area contributed by atoms with Gasteiger partial charge < -0.3 is 15.3 Å². The van der Waals surface area contributed by atoms with Crippen LogP contribution in [0.5, 0.6) is 0 Å². The zero-order chi connectivity index (χ0) is 20.7. The number of rotatable bonds is 5. The number of nitrogens with one attached hydrogen (secondary N) is 1. The van der Waals surface area contributed by atoms with Gasteiger partial charge in [0.05, 0.1) is 6.10 Å². The molecule has 1 spiro atoms. The van der Waals surface area contributed by atoms with Crippen LogP contribution in [-0.4, -0.2) is 56.5 Å². The normalized spacial score (nSPS) is 27.4. The van der Waals surface area contributed by atoms with Gasteiger partial charge in [0, 0.05) is 44.5 Å². The summed E-state index contributed by atoms with van der Waals surface area (Å²) in [6.07, 6.45) is 4.35. The Bertz CT molecular complexity index is 1040. The molecule has 5 rings (SSSR count). The maximum absolute atomic E-state index is 12.6. The monoisotopic (exact) mass is 404 g/mol. The summed E-state index contributed by atoms with van der Waals surface area (Å²) in [6, 6.07) is 13.8. The maximum Gasteiger partial charge on any atom is 0.269 e. The molecule has 2 N–H and O–H groups in total. The zero-order valence-electron chi connectivity index (χ0n) is 16.7. The highest BCUT2D eigenvalue weighted by molar-refractivity contribution is 5.92. The van der Waals surface area contributed by atoms with Crippen LogP contribution in [0.2, 0.25) is 0 Å². The molecule has 1 aromatic carbocycles. The lowest BCUT2D eigenvalue weighted by Crippen LogP contribution is -2.31. The van der Waals surface area contributed by atoms with Crippen LogP contribution < -0.4 is 10.2 Å². The highest BCUT2D eigenvalue weighted by atomic mass is 16.3. The molecule has 2 fully saturated rings. The Morgan fingerprint density at radius 3 is 2.77 bits per heavy atom. The molecule has 1 saturated heterocycles. The summed E-state index contributed by atoms with van der Waals surface area (Å²) in [5, 5.41) is 18.3. The molecule has 0 bridgehead atoms. The van der Waals surface area contributed by atoms with Gasteiger partial charge in [0.2, 0.25) is 0 Å². The third kappa shape index (κ3) is 2.95. The molecule has 0 radical (unpaired) electrons. The molecule has 154 valence electrons. The largest absolute Gasteiger partial charge is 0.391 e. The second-order valence-electron chi connectivity index (χ2n) is 8.12. The third-order valence-corrected chi connectivity index (χ3v) is 6.63. The fourth-order valence-corrected chi connectivity index (χ4v) is 5.14. The minimum atomic E-state index is -0.503. The second-order valence-corrected chi connectivity index (χ2v) is 8.12. The molecule has 8 heteroatoms. The van der Waals surface area contributed by atoms with Gasteiger partial charge in [-0.3, -0.25) is 9.48 Å². The SMILES string of the molecule is Cn1nccc1C(=O)NC[C@@H]1[C@@H](c2ccccc2)[C@]12CN(c1ccncn1)C[C@@H]2O. The minimum absolute atomic E-state index is 0.138. The topological polar surface area (TPSA) is 96.2 Å². The van der Waals surface area contributed by atoms with Crippen molar-refractivity contribution >= 4 is 11.7 Å². The van der Waals surface area contributed by atoms with Crippen LogP contribution in [0.3, 0.4) is 0 Å². The van der Waals surface area contributed by atoms with Gasteiger partial charge in [-0.15, -0.1) is 0 Å². The second kappa shape index (κ2) is 7.21. The van der Waals surface area contributed by atoms with Crippen LogP contribution in [0.15, 0.2) is 61.2 Å². The molecule has 1 saturated carbocycles. The van der Waals surface area contributed by atoms with Crippen LogP contribution in [-0.2, 0) is 7.05 Å². The molecular weight excluding hydrogens is 380 g/mol. The van der Waals surface area contributed by atoms with E-state index in [0.29, 0.717) is 25.3 Å². The number of carbonyl (C=O) groups is 1. The summed E-state index contributed by atoms with van der Waals surface area (Å²) in [6.45, 7) is 1.71. The highest BCUT2D eigenvalue weighted by Crippen LogP contribution is 2.68. The summed E-state index contributed by atoms with van der Waals surface area (Å²) >= 11 is 0. The molecule has 3 aromatic rings. The predicted octanol–water partition coefficient (Wildman–Crippen LogP) is 1.22. The number of benzene rings is 1. The Hall–Kier alpha value is -3.26. The number of aliphatic hydroxyl groups excluding tert-OH is 1. The first kappa shape index (κ1) is 18.7. The average Bonchev–Trinajstić information content (AvgIpc) is 3.00. The summed E-state index contributed by atoms with van der Waals surface area (Å²) in [5.74, 6) is 0.979. The first-order valence-electron chi connectivity index (χ1n) is 10.1. The van der Waals surface area contributed by atoms with E-state index in [9.17, 15) is 9.90 Å². The van der Waals surface area contributed by atoms with E-state index in [0.717, 1.165) is 5.82 Å². The van der Waals surface area contributed by atoms with Crippen molar-refractivity contribution in [2.45, 2.75) is 12.0 Å². The van der Waals surface area contributed by atoms with Gasteiger partial charge >= 0.3 is 0 Å². The molecule has 2 aromatic heterocycles. The van der Waals surface area contributed by atoms with Crippen LogP contribution in [0, 0.1) is 11.3 Å². The van der Waals surface area contributed by atoms with Gasteiger partial charge in [-0.2, -0.15) is 5.10 Å².